The molecule has 33 heavy (non-hydrogen) atoms. The maximum Gasteiger partial charge on any atom is 0.490 e. The molecule has 0 radical (unpaired) electrons. The third-order valence-electron chi connectivity index (χ3n) is 5.23. The maximum atomic E-state index is 13.4. The van der Waals surface area contributed by atoms with Crippen molar-refractivity contribution in [2.24, 2.45) is 0 Å². The van der Waals surface area contributed by atoms with Crippen molar-refractivity contribution in [2.45, 2.75) is 49.8 Å². The fourth-order valence-electron chi connectivity index (χ4n) is 3.56. The molecular formula is C20H24F4N4O4S. The van der Waals surface area contributed by atoms with Gasteiger partial charge in [0.25, 0.3) is 0 Å². The van der Waals surface area contributed by atoms with Gasteiger partial charge in [-0.1, -0.05) is 12.1 Å². The van der Waals surface area contributed by atoms with E-state index >= 15 is 0 Å². The highest BCUT2D eigenvalue weighted by molar-refractivity contribution is 7.90. The van der Waals surface area contributed by atoms with Crippen molar-refractivity contribution < 1.29 is 35.9 Å². The third-order valence-corrected chi connectivity index (χ3v) is 7.19. The van der Waals surface area contributed by atoms with Crippen LogP contribution in [-0.2, 0) is 27.9 Å². The minimum Gasteiger partial charge on any atom is -0.475 e. The number of hydrogen-bond donors (Lipinski definition) is 2. The number of nitrogens with zero attached hydrogens (tertiary/aromatic N) is 3. The Balaban J connectivity index is 0.000000383. The predicted molar refractivity (Wildman–Crippen MR) is 110 cm³/mol. The van der Waals surface area contributed by atoms with Crippen LogP contribution in [0, 0.1) is 5.82 Å². The van der Waals surface area contributed by atoms with Gasteiger partial charge in [-0.3, -0.25) is 9.58 Å². The number of rotatable bonds is 7. The number of carbonyl (C=O) groups is 1. The van der Waals surface area contributed by atoms with E-state index in [9.17, 15) is 26.0 Å². The Morgan fingerprint density at radius 3 is 2.55 bits per heavy atom. The van der Waals surface area contributed by atoms with Crippen molar-refractivity contribution in [1.82, 2.24) is 19.4 Å². The van der Waals surface area contributed by atoms with Gasteiger partial charge in [0.15, 0.2) is 0 Å². The number of carboxylic acids is 1. The first kappa shape index (κ1) is 25.1. The number of fused-ring (bicyclic) bond motifs is 1. The molecule has 2 aliphatic rings. The van der Waals surface area contributed by atoms with Gasteiger partial charge in [0, 0.05) is 32.4 Å². The molecule has 2 N–H and O–H groups in total. The molecule has 1 aromatic heterocycles. The molecule has 0 bridgehead atoms. The highest BCUT2D eigenvalue weighted by Gasteiger charge is 2.38. The normalized spacial score (nSPS) is 18.8. The lowest BCUT2D eigenvalue weighted by Gasteiger charge is -2.34. The van der Waals surface area contributed by atoms with E-state index in [1.165, 1.54) is 6.07 Å². The lowest BCUT2D eigenvalue weighted by Crippen LogP contribution is -2.39. The summed E-state index contributed by atoms with van der Waals surface area (Å²) in [5.41, 5.74) is 2.04. The number of carboxylic acid groups (broad SMARTS) is 1. The summed E-state index contributed by atoms with van der Waals surface area (Å²) >= 11 is 0. The molecule has 2 aromatic rings. The Labute approximate surface area is 188 Å². The first-order chi connectivity index (χ1) is 15.5. The van der Waals surface area contributed by atoms with Crippen LogP contribution in [0.25, 0.3) is 0 Å². The van der Waals surface area contributed by atoms with Gasteiger partial charge >= 0.3 is 12.1 Å². The summed E-state index contributed by atoms with van der Waals surface area (Å²) in [4.78, 5) is 11.2. The minimum absolute atomic E-state index is 0.101. The Kier molecular flexibility index (Phi) is 7.75. The van der Waals surface area contributed by atoms with Crippen molar-refractivity contribution in [3.05, 3.63) is 53.6 Å². The highest BCUT2D eigenvalue weighted by Crippen LogP contribution is 2.28. The van der Waals surface area contributed by atoms with Crippen molar-refractivity contribution >= 4 is 16.0 Å². The lowest BCUT2D eigenvalue weighted by molar-refractivity contribution is -0.192. The number of benzene rings is 1. The summed E-state index contributed by atoms with van der Waals surface area (Å²) in [7, 11) is -3.15. The van der Waals surface area contributed by atoms with Gasteiger partial charge in [-0.2, -0.15) is 18.3 Å². The summed E-state index contributed by atoms with van der Waals surface area (Å²) in [6.07, 6.45) is -1.09. The van der Waals surface area contributed by atoms with Gasteiger partial charge in [0.05, 0.1) is 17.0 Å². The minimum atomic E-state index is -5.08. The fraction of sp³-hybridized carbons (Fsp3) is 0.500. The monoisotopic (exact) mass is 492 g/mol. The van der Waals surface area contributed by atoms with E-state index in [-0.39, 0.29) is 17.1 Å². The molecular weight excluding hydrogens is 468 g/mol. The number of aromatic nitrogens is 2. The average Bonchev–Trinajstić information content (AvgIpc) is 3.47. The SMILES string of the molecule is O=C(O)C(F)(F)F.O=S(=O)(NCCC1CN(Cc2cccc(F)c2)Cc2ccnn21)C1CC1. The first-order valence-electron chi connectivity index (χ1n) is 10.2. The molecule has 0 saturated heterocycles. The van der Waals surface area contributed by atoms with Crippen LogP contribution in [0.5, 0.6) is 0 Å². The van der Waals surface area contributed by atoms with Crippen LogP contribution in [0.4, 0.5) is 17.6 Å². The molecule has 2 heterocycles. The molecule has 13 heteroatoms. The predicted octanol–water partition coefficient (Wildman–Crippen LogP) is 2.68. The van der Waals surface area contributed by atoms with Crippen molar-refractivity contribution in [3.63, 3.8) is 0 Å². The summed E-state index contributed by atoms with van der Waals surface area (Å²) in [5.74, 6) is -2.98. The number of halogens is 4. The number of hydrogen-bond acceptors (Lipinski definition) is 5. The summed E-state index contributed by atoms with van der Waals surface area (Å²) in [6, 6.07) is 8.74. The summed E-state index contributed by atoms with van der Waals surface area (Å²) < 4.78 is 73.9. The number of alkyl halides is 3. The van der Waals surface area contributed by atoms with Crippen molar-refractivity contribution in [2.75, 3.05) is 13.1 Å². The molecule has 1 aromatic carbocycles. The molecule has 0 amide bonds. The number of nitrogens with one attached hydrogen (secondary N) is 1. The molecule has 0 spiro atoms. The number of aliphatic carboxylic acids is 1. The van der Waals surface area contributed by atoms with Gasteiger partial charge in [-0.25, -0.2) is 22.3 Å². The second-order valence-electron chi connectivity index (χ2n) is 7.95. The topological polar surface area (TPSA) is 105 Å². The van der Waals surface area contributed by atoms with Crippen LogP contribution in [0.3, 0.4) is 0 Å². The Hall–Kier alpha value is -2.51. The average molecular weight is 492 g/mol. The second-order valence-corrected chi connectivity index (χ2v) is 10.00. The van der Waals surface area contributed by atoms with E-state index in [0.29, 0.717) is 19.5 Å². The van der Waals surface area contributed by atoms with E-state index in [2.05, 4.69) is 14.7 Å². The van der Waals surface area contributed by atoms with Gasteiger partial charge in [0.1, 0.15) is 5.82 Å². The zero-order valence-electron chi connectivity index (χ0n) is 17.5. The molecule has 1 unspecified atom stereocenters. The highest BCUT2D eigenvalue weighted by atomic mass is 32.2. The molecule has 8 nitrogen and oxygen atoms in total. The van der Waals surface area contributed by atoms with E-state index in [4.69, 9.17) is 9.90 Å². The standard InChI is InChI=1S/C18H23FN4O2S.C2HF3O2/c19-15-3-1-2-14(10-15)11-22-12-16-6-8-20-23(16)17(13-22)7-9-21-26(24,25)18-4-5-18;3-2(4,5)1(6)7/h1-3,6,8,10,17-18,21H,4-5,7,9,11-13H2;(H,6,7). The molecule has 4 rings (SSSR count). The molecule has 1 saturated carbocycles. The Bertz CT molecular complexity index is 1070. The van der Waals surface area contributed by atoms with Crippen LogP contribution in [0.15, 0.2) is 36.5 Å². The number of sulfonamides is 1. The Morgan fingerprint density at radius 1 is 1.24 bits per heavy atom. The molecule has 1 fully saturated rings. The van der Waals surface area contributed by atoms with Gasteiger partial charge in [-0.15, -0.1) is 0 Å². The van der Waals surface area contributed by atoms with Crippen LogP contribution in [-0.4, -0.2) is 58.7 Å². The van der Waals surface area contributed by atoms with Gasteiger partial charge in [-0.05, 0) is 43.0 Å². The molecule has 1 atom stereocenters. The van der Waals surface area contributed by atoms with Crippen LogP contribution in [0.2, 0.25) is 0 Å². The van der Waals surface area contributed by atoms with Crippen LogP contribution >= 0.6 is 0 Å². The largest absolute Gasteiger partial charge is 0.490 e. The zero-order valence-corrected chi connectivity index (χ0v) is 18.3. The third kappa shape index (κ3) is 7.24. The Morgan fingerprint density at radius 2 is 1.94 bits per heavy atom. The lowest BCUT2D eigenvalue weighted by atomic mass is 10.1. The van der Waals surface area contributed by atoms with Gasteiger partial charge < -0.3 is 5.11 Å². The van der Waals surface area contributed by atoms with Crippen molar-refractivity contribution in [1.29, 1.82) is 0 Å². The van der Waals surface area contributed by atoms with E-state index in [1.54, 1.807) is 18.3 Å². The molecule has 1 aliphatic carbocycles. The second kappa shape index (κ2) is 10.2. The van der Waals surface area contributed by atoms with Crippen molar-refractivity contribution in [3.8, 4) is 0 Å². The maximum absolute atomic E-state index is 13.4. The first-order valence-corrected chi connectivity index (χ1v) is 11.8. The zero-order chi connectivity index (χ0) is 24.2. The van der Waals surface area contributed by atoms with Gasteiger partial charge in [0.2, 0.25) is 10.0 Å². The van der Waals surface area contributed by atoms with E-state index in [0.717, 1.165) is 37.2 Å². The fourth-order valence-corrected chi connectivity index (χ4v) is 4.95. The molecule has 182 valence electrons. The summed E-state index contributed by atoms with van der Waals surface area (Å²) in [5, 5.41) is 11.3. The smallest absolute Gasteiger partial charge is 0.475 e. The molecule has 1 aliphatic heterocycles. The summed E-state index contributed by atoms with van der Waals surface area (Å²) in [6.45, 7) is 2.58. The van der Waals surface area contributed by atoms with E-state index < -0.39 is 22.2 Å². The van der Waals surface area contributed by atoms with E-state index in [1.807, 2.05) is 16.8 Å². The van der Waals surface area contributed by atoms with Crippen LogP contribution in [0.1, 0.15) is 36.6 Å². The quantitative estimate of drug-likeness (QED) is 0.576. The van der Waals surface area contributed by atoms with Crippen LogP contribution < -0.4 is 4.72 Å².